The number of hydrogen-bond acceptors (Lipinski definition) is 3. The number of carbonyl (C=O) groups excluding carboxylic acids is 1. The lowest BCUT2D eigenvalue weighted by atomic mass is 10.2. The van der Waals surface area contributed by atoms with Crippen LogP contribution < -0.4 is 15.4 Å². The fourth-order valence-corrected chi connectivity index (χ4v) is 2.75. The van der Waals surface area contributed by atoms with Crippen LogP contribution in [0, 0.1) is 13.5 Å². The van der Waals surface area contributed by atoms with Crippen molar-refractivity contribution >= 4 is 34.8 Å². The minimum atomic E-state index is -4.64. The second-order valence-electron chi connectivity index (χ2n) is 6.32. The molecule has 2 N–H and O–H groups in total. The summed E-state index contributed by atoms with van der Waals surface area (Å²) >= 11 is 5.58. The Hall–Kier alpha value is -3.77. The van der Waals surface area contributed by atoms with E-state index in [1.54, 1.807) is 31.2 Å². The molecule has 0 aliphatic rings. The summed E-state index contributed by atoms with van der Waals surface area (Å²) < 4.78 is 44.7. The number of ether oxygens (including phenoxy) is 1. The maximum atomic E-state index is 13.0. The fraction of sp³-hybridized carbons (Fsp3) is 0.0952. The number of halogens is 4. The first kappa shape index (κ1) is 21.9. The van der Waals surface area contributed by atoms with Gasteiger partial charge in [-0.05, 0) is 48.9 Å². The quantitative estimate of drug-likeness (QED) is 0.422. The number of urea groups is 1. The molecule has 6 nitrogen and oxygen atoms in total. The molecule has 0 radical (unpaired) electrons. The van der Waals surface area contributed by atoms with Gasteiger partial charge in [-0.15, -0.1) is 4.98 Å². The molecular weight excluding hydrogens is 433 g/mol. The normalized spacial score (nSPS) is 10.8. The smallest absolute Gasteiger partial charge is 0.417 e. The highest BCUT2D eigenvalue weighted by Gasteiger charge is 2.33. The number of nitrogens with zero attached hydrogens (tertiary/aromatic N) is 2. The molecule has 0 aliphatic carbocycles. The third-order valence-corrected chi connectivity index (χ3v) is 4.37. The first-order chi connectivity index (χ1) is 14.7. The van der Waals surface area contributed by atoms with Crippen molar-refractivity contribution in [3.8, 4) is 11.5 Å². The van der Waals surface area contributed by atoms with Gasteiger partial charge in [-0.2, -0.15) is 13.2 Å². The monoisotopic (exact) mass is 446 g/mol. The van der Waals surface area contributed by atoms with Gasteiger partial charge in [0, 0.05) is 17.4 Å². The molecule has 0 saturated heterocycles. The van der Waals surface area contributed by atoms with E-state index in [9.17, 15) is 18.0 Å². The number of benzene rings is 2. The largest absolute Gasteiger partial charge is 0.453 e. The van der Waals surface area contributed by atoms with Crippen LogP contribution in [0.4, 0.5) is 35.2 Å². The van der Waals surface area contributed by atoms with E-state index in [-0.39, 0.29) is 11.5 Å². The van der Waals surface area contributed by atoms with Crippen LogP contribution in [0.1, 0.15) is 11.1 Å². The molecule has 3 rings (SSSR count). The van der Waals surface area contributed by atoms with Crippen molar-refractivity contribution in [2.24, 2.45) is 0 Å². The SMILES string of the molecule is [C-]#[N+]c1ccc(Oc2cc(NC(=O)Nc3ccc(Cl)c(C(F)(F)F)c3)ccc2C)cn1. The molecule has 2 amide bonds. The number of nitrogens with one attached hydrogen (secondary N) is 2. The number of rotatable bonds is 4. The predicted molar refractivity (Wildman–Crippen MR) is 111 cm³/mol. The number of aromatic nitrogens is 1. The van der Waals surface area contributed by atoms with E-state index >= 15 is 0 Å². The summed E-state index contributed by atoms with van der Waals surface area (Å²) in [6.07, 6.45) is -3.24. The lowest BCUT2D eigenvalue weighted by Gasteiger charge is -2.13. The Morgan fingerprint density at radius 2 is 1.77 bits per heavy atom. The molecular formula is C21H14ClF3N4O2. The molecule has 3 aromatic rings. The van der Waals surface area contributed by atoms with E-state index in [4.69, 9.17) is 22.9 Å². The van der Waals surface area contributed by atoms with Gasteiger partial charge in [0.2, 0.25) is 0 Å². The van der Waals surface area contributed by atoms with E-state index in [0.29, 0.717) is 17.2 Å². The van der Waals surface area contributed by atoms with E-state index in [0.717, 1.165) is 17.7 Å². The number of pyridine rings is 1. The number of carbonyl (C=O) groups is 1. The predicted octanol–water partition coefficient (Wildman–Crippen LogP) is 7.05. The van der Waals surface area contributed by atoms with E-state index in [1.807, 2.05) is 0 Å². The second kappa shape index (κ2) is 8.93. The van der Waals surface area contributed by atoms with Crippen molar-refractivity contribution in [2.45, 2.75) is 13.1 Å². The summed E-state index contributed by atoms with van der Waals surface area (Å²) in [5.41, 5.74) is 0.0150. The molecule has 158 valence electrons. The topological polar surface area (TPSA) is 67.6 Å². The van der Waals surface area contributed by atoms with Crippen LogP contribution in [0.15, 0.2) is 54.7 Å². The van der Waals surface area contributed by atoms with Crippen LogP contribution in [0.3, 0.4) is 0 Å². The number of amides is 2. The van der Waals surface area contributed by atoms with Gasteiger partial charge in [0.25, 0.3) is 5.82 Å². The zero-order valence-electron chi connectivity index (χ0n) is 15.9. The summed E-state index contributed by atoms with van der Waals surface area (Å²) in [5, 5.41) is 4.41. The molecule has 1 aromatic heterocycles. The molecule has 0 atom stereocenters. The molecule has 0 aliphatic heterocycles. The van der Waals surface area contributed by atoms with Crippen LogP contribution in [-0.4, -0.2) is 11.0 Å². The molecule has 1 heterocycles. The van der Waals surface area contributed by atoms with E-state index < -0.39 is 22.8 Å². The third kappa shape index (κ3) is 5.65. The van der Waals surface area contributed by atoms with Crippen molar-refractivity contribution in [2.75, 3.05) is 10.6 Å². The van der Waals surface area contributed by atoms with Crippen LogP contribution in [0.5, 0.6) is 11.5 Å². The zero-order valence-corrected chi connectivity index (χ0v) is 16.7. The second-order valence-corrected chi connectivity index (χ2v) is 6.72. The first-order valence-electron chi connectivity index (χ1n) is 8.72. The Morgan fingerprint density at radius 3 is 2.39 bits per heavy atom. The Labute approximate surface area is 180 Å². The van der Waals surface area contributed by atoms with Crippen molar-refractivity contribution in [3.05, 3.63) is 82.3 Å². The van der Waals surface area contributed by atoms with Crippen molar-refractivity contribution in [1.82, 2.24) is 4.98 Å². The summed E-state index contributed by atoms with van der Waals surface area (Å²) in [6, 6.07) is 10.3. The van der Waals surface area contributed by atoms with Gasteiger partial charge in [-0.25, -0.2) is 4.79 Å². The molecule has 0 bridgehead atoms. The molecule has 0 unspecified atom stereocenters. The number of anilines is 2. The van der Waals surface area contributed by atoms with Crippen molar-refractivity contribution in [1.29, 1.82) is 0 Å². The van der Waals surface area contributed by atoms with E-state index in [1.165, 1.54) is 18.3 Å². The summed E-state index contributed by atoms with van der Waals surface area (Å²) in [4.78, 5) is 19.4. The van der Waals surface area contributed by atoms with Gasteiger partial charge in [-0.3, -0.25) is 0 Å². The van der Waals surface area contributed by atoms with E-state index in [2.05, 4.69) is 20.5 Å². The Balaban J connectivity index is 1.72. The molecule has 0 spiro atoms. The lowest BCUT2D eigenvalue weighted by molar-refractivity contribution is -0.137. The Kier molecular flexibility index (Phi) is 6.32. The average Bonchev–Trinajstić information content (AvgIpc) is 2.71. The highest BCUT2D eigenvalue weighted by Crippen LogP contribution is 2.36. The summed E-state index contributed by atoms with van der Waals surface area (Å²) in [5.74, 6) is 1.06. The number of alkyl halides is 3. The standard InChI is InChI=1S/C21H14ClF3N4O2/c1-12-3-4-14(10-18(12)31-15-6-8-19(26-2)27-11-15)29-20(30)28-13-5-7-17(22)16(9-13)21(23,24)25/h3-11H,1H3,(H2,28,29,30). The van der Waals surface area contributed by atoms with Crippen LogP contribution in [0.2, 0.25) is 5.02 Å². The Bertz CT molecular complexity index is 1160. The van der Waals surface area contributed by atoms with Gasteiger partial charge < -0.3 is 20.2 Å². The fourth-order valence-electron chi connectivity index (χ4n) is 2.53. The minimum absolute atomic E-state index is 0.0659. The molecule has 0 saturated carbocycles. The Morgan fingerprint density at radius 1 is 1.10 bits per heavy atom. The maximum Gasteiger partial charge on any atom is 0.417 e. The number of hydrogen-bond donors (Lipinski definition) is 2. The first-order valence-corrected chi connectivity index (χ1v) is 9.10. The maximum absolute atomic E-state index is 13.0. The average molecular weight is 447 g/mol. The van der Waals surface area contributed by atoms with Crippen molar-refractivity contribution in [3.63, 3.8) is 0 Å². The third-order valence-electron chi connectivity index (χ3n) is 4.04. The lowest BCUT2D eigenvalue weighted by Crippen LogP contribution is -2.20. The van der Waals surface area contributed by atoms with Crippen molar-refractivity contribution < 1.29 is 22.7 Å². The summed E-state index contributed by atoms with van der Waals surface area (Å²) in [6.45, 7) is 8.71. The number of aryl methyl sites for hydroxylation is 1. The highest BCUT2D eigenvalue weighted by molar-refractivity contribution is 6.31. The zero-order chi connectivity index (χ0) is 22.6. The van der Waals surface area contributed by atoms with Crippen LogP contribution in [-0.2, 0) is 6.18 Å². The summed E-state index contributed by atoms with van der Waals surface area (Å²) in [7, 11) is 0. The van der Waals surface area contributed by atoms with Crippen LogP contribution in [0.25, 0.3) is 4.85 Å². The highest BCUT2D eigenvalue weighted by atomic mass is 35.5. The van der Waals surface area contributed by atoms with Gasteiger partial charge in [0.15, 0.2) is 11.9 Å². The molecule has 2 aromatic carbocycles. The molecule has 31 heavy (non-hydrogen) atoms. The van der Waals surface area contributed by atoms with Gasteiger partial charge in [0.05, 0.1) is 10.6 Å². The van der Waals surface area contributed by atoms with Gasteiger partial charge in [0.1, 0.15) is 5.75 Å². The molecule has 0 fully saturated rings. The minimum Gasteiger partial charge on any atom is -0.453 e. The molecule has 10 heteroatoms. The van der Waals surface area contributed by atoms with Gasteiger partial charge >= 0.3 is 12.2 Å². The van der Waals surface area contributed by atoms with Gasteiger partial charge in [-0.1, -0.05) is 24.2 Å². The van der Waals surface area contributed by atoms with Crippen LogP contribution >= 0.6 is 11.6 Å².